The summed E-state index contributed by atoms with van der Waals surface area (Å²) >= 11 is 0. The molecule has 5 rings (SSSR count). The molecule has 4 heterocycles. The number of aromatic nitrogens is 3. The minimum absolute atomic E-state index is 0.0599. The SMILES string of the molecule is CCc1cc(O)ccc1N=C(N)c1cnn2cc(-c3cnc(OC)cc3C)cc2c1NC[C@@H]1CCCN1C(=O)OC(C)(C)C. The Bertz CT molecular complexity index is 1710. The van der Waals surface area contributed by atoms with E-state index in [2.05, 4.69) is 15.4 Å². The number of carbonyl (C=O) groups is 1. The first-order chi connectivity index (χ1) is 21.0. The van der Waals surface area contributed by atoms with E-state index >= 15 is 0 Å². The lowest BCUT2D eigenvalue weighted by Gasteiger charge is -2.29. The maximum atomic E-state index is 13.0. The number of nitrogens with zero attached hydrogens (tertiary/aromatic N) is 5. The number of rotatable bonds is 8. The number of carbonyl (C=O) groups excluding carboxylic acids is 1. The Morgan fingerprint density at radius 2 is 2.02 bits per heavy atom. The molecule has 11 nitrogen and oxygen atoms in total. The van der Waals surface area contributed by atoms with Crippen LogP contribution in [-0.2, 0) is 11.2 Å². The highest BCUT2D eigenvalue weighted by molar-refractivity contribution is 6.06. The second-order valence-electron chi connectivity index (χ2n) is 12.0. The maximum Gasteiger partial charge on any atom is 0.410 e. The number of nitrogens with one attached hydrogen (secondary N) is 1. The van der Waals surface area contributed by atoms with Crippen LogP contribution in [0.3, 0.4) is 0 Å². The molecular weight excluding hydrogens is 558 g/mol. The van der Waals surface area contributed by atoms with Crippen molar-refractivity contribution in [1.82, 2.24) is 19.5 Å². The number of phenols is 1. The molecule has 1 aliphatic heterocycles. The number of methoxy groups -OCH3 is 1. The number of aromatic hydroxyl groups is 1. The third kappa shape index (κ3) is 6.56. The van der Waals surface area contributed by atoms with Crippen molar-refractivity contribution in [2.75, 3.05) is 25.5 Å². The zero-order chi connectivity index (χ0) is 31.6. The molecule has 44 heavy (non-hydrogen) atoms. The first-order valence-electron chi connectivity index (χ1n) is 14.9. The van der Waals surface area contributed by atoms with Crippen LogP contribution in [0.1, 0.15) is 57.2 Å². The Morgan fingerprint density at radius 3 is 2.73 bits per heavy atom. The highest BCUT2D eigenvalue weighted by Crippen LogP contribution is 2.32. The van der Waals surface area contributed by atoms with Gasteiger partial charge in [-0.1, -0.05) is 6.92 Å². The number of amidine groups is 1. The van der Waals surface area contributed by atoms with Crippen molar-refractivity contribution in [3.63, 3.8) is 0 Å². The predicted molar refractivity (Wildman–Crippen MR) is 172 cm³/mol. The summed E-state index contributed by atoms with van der Waals surface area (Å²) in [7, 11) is 1.60. The molecule has 3 aromatic heterocycles. The number of hydrogen-bond acceptors (Lipinski definition) is 8. The molecule has 1 fully saturated rings. The van der Waals surface area contributed by atoms with Crippen molar-refractivity contribution in [3.8, 4) is 22.8 Å². The van der Waals surface area contributed by atoms with Crippen molar-refractivity contribution in [1.29, 1.82) is 0 Å². The fourth-order valence-electron chi connectivity index (χ4n) is 5.51. The fraction of sp³-hybridized carbons (Fsp3) is 0.394. The minimum Gasteiger partial charge on any atom is -0.508 e. The zero-order valence-corrected chi connectivity index (χ0v) is 26.2. The molecule has 0 bridgehead atoms. The Hall–Kier alpha value is -4.80. The zero-order valence-electron chi connectivity index (χ0n) is 26.2. The van der Waals surface area contributed by atoms with Gasteiger partial charge < -0.3 is 30.5 Å². The number of ether oxygens (including phenoxy) is 2. The van der Waals surface area contributed by atoms with Gasteiger partial charge >= 0.3 is 6.09 Å². The molecule has 0 spiro atoms. The number of likely N-dealkylation sites (tertiary alicyclic amines) is 1. The van der Waals surface area contributed by atoms with E-state index < -0.39 is 5.60 Å². The smallest absolute Gasteiger partial charge is 0.410 e. The monoisotopic (exact) mass is 599 g/mol. The van der Waals surface area contributed by atoms with E-state index in [0.29, 0.717) is 36.6 Å². The molecule has 0 aliphatic carbocycles. The molecule has 1 amide bonds. The second-order valence-corrected chi connectivity index (χ2v) is 12.0. The number of aryl methyl sites for hydroxylation is 2. The van der Waals surface area contributed by atoms with Crippen LogP contribution in [0.15, 0.2) is 53.9 Å². The van der Waals surface area contributed by atoms with Gasteiger partial charge in [0.2, 0.25) is 5.88 Å². The summed E-state index contributed by atoms with van der Waals surface area (Å²) in [6.45, 7) is 10.8. The van der Waals surface area contributed by atoms with Gasteiger partial charge in [0.1, 0.15) is 17.2 Å². The van der Waals surface area contributed by atoms with Gasteiger partial charge in [-0.25, -0.2) is 19.3 Å². The van der Waals surface area contributed by atoms with Crippen LogP contribution in [0.4, 0.5) is 16.2 Å². The summed E-state index contributed by atoms with van der Waals surface area (Å²) in [5, 5.41) is 18.3. The van der Waals surface area contributed by atoms with E-state index in [9.17, 15) is 9.90 Å². The molecule has 4 N–H and O–H groups in total. The first-order valence-corrected chi connectivity index (χ1v) is 14.9. The number of fused-ring (bicyclic) bond motifs is 1. The van der Waals surface area contributed by atoms with Crippen molar-refractivity contribution < 1.29 is 19.4 Å². The number of hydrogen-bond donors (Lipinski definition) is 3. The van der Waals surface area contributed by atoms with Gasteiger partial charge in [0.25, 0.3) is 0 Å². The second kappa shape index (κ2) is 12.4. The normalized spacial score (nSPS) is 15.5. The van der Waals surface area contributed by atoms with E-state index in [-0.39, 0.29) is 23.7 Å². The van der Waals surface area contributed by atoms with E-state index in [1.165, 1.54) is 0 Å². The molecule has 1 aromatic carbocycles. The Labute approximate surface area is 257 Å². The van der Waals surface area contributed by atoms with Crippen LogP contribution in [0.5, 0.6) is 11.6 Å². The topological polar surface area (TPSA) is 140 Å². The molecule has 4 aromatic rings. The average molecular weight is 600 g/mol. The largest absolute Gasteiger partial charge is 0.508 e. The number of phenolic OH excluding ortho intramolecular Hbond substituents is 1. The molecule has 0 unspecified atom stereocenters. The summed E-state index contributed by atoms with van der Waals surface area (Å²) in [5.41, 5.74) is 12.7. The molecule has 11 heteroatoms. The first kappa shape index (κ1) is 30.7. The van der Waals surface area contributed by atoms with Crippen molar-refractivity contribution in [2.45, 2.75) is 65.5 Å². The van der Waals surface area contributed by atoms with E-state index in [0.717, 1.165) is 46.3 Å². The summed E-state index contributed by atoms with van der Waals surface area (Å²) in [5.74, 6) is 1.01. The van der Waals surface area contributed by atoms with Crippen LogP contribution in [0.2, 0.25) is 0 Å². The van der Waals surface area contributed by atoms with Gasteiger partial charge in [-0.15, -0.1) is 0 Å². The molecule has 0 radical (unpaired) electrons. The van der Waals surface area contributed by atoms with Gasteiger partial charge in [-0.2, -0.15) is 5.10 Å². The summed E-state index contributed by atoms with van der Waals surface area (Å²) < 4.78 is 12.8. The van der Waals surface area contributed by atoms with Crippen LogP contribution in [-0.4, -0.2) is 68.4 Å². The number of anilines is 1. The highest BCUT2D eigenvalue weighted by Gasteiger charge is 2.32. The maximum absolute atomic E-state index is 13.0. The lowest BCUT2D eigenvalue weighted by Crippen LogP contribution is -2.42. The van der Waals surface area contributed by atoms with Crippen molar-refractivity contribution in [3.05, 3.63) is 65.6 Å². The Morgan fingerprint density at radius 1 is 1.23 bits per heavy atom. The van der Waals surface area contributed by atoms with E-state index in [4.69, 9.17) is 20.2 Å². The molecular formula is C33H41N7O4. The Balaban J connectivity index is 1.55. The number of aliphatic imine (C=N–C) groups is 1. The van der Waals surface area contributed by atoms with Crippen molar-refractivity contribution >= 4 is 28.8 Å². The molecule has 232 valence electrons. The van der Waals surface area contributed by atoms with Gasteiger partial charge in [0.15, 0.2) is 0 Å². The summed E-state index contributed by atoms with van der Waals surface area (Å²) in [6, 6.07) is 8.93. The number of pyridine rings is 1. The van der Waals surface area contributed by atoms with E-state index in [1.54, 1.807) is 47.1 Å². The quantitative estimate of drug-likeness (QED) is 0.170. The fourth-order valence-corrected chi connectivity index (χ4v) is 5.51. The lowest BCUT2D eigenvalue weighted by molar-refractivity contribution is 0.0235. The van der Waals surface area contributed by atoms with Crippen LogP contribution in [0, 0.1) is 6.92 Å². The van der Waals surface area contributed by atoms with Gasteiger partial charge in [0.05, 0.1) is 41.8 Å². The van der Waals surface area contributed by atoms with Crippen molar-refractivity contribution in [2.24, 2.45) is 10.7 Å². The number of amides is 1. The highest BCUT2D eigenvalue weighted by atomic mass is 16.6. The average Bonchev–Trinajstić information content (AvgIpc) is 3.63. The third-order valence-electron chi connectivity index (χ3n) is 7.72. The third-order valence-corrected chi connectivity index (χ3v) is 7.72. The predicted octanol–water partition coefficient (Wildman–Crippen LogP) is 5.83. The minimum atomic E-state index is -0.574. The molecule has 0 saturated carbocycles. The standard InChI is InChI=1S/C33H41N7O4/c1-7-21-14-24(41)10-11-27(21)38-31(34)26-18-37-40-19-22(25-17-35-29(43-6)13-20(25)2)15-28(40)30(26)36-16-23-9-8-12-39(23)32(42)44-33(3,4)5/h10-11,13-15,17-19,23,36,41H,7-9,12,16H2,1-6H3,(H2,34,38)/t23-/m0/s1. The molecule has 1 atom stereocenters. The summed E-state index contributed by atoms with van der Waals surface area (Å²) in [6.07, 6.45) is 7.56. The van der Waals surface area contributed by atoms with Gasteiger partial charge in [0, 0.05) is 42.7 Å². The Kier molecular flexibility index (Phi) is 8.66. The lowest BCUT2D eigenvalue weighted by atomic mass is 10.1. The summed E-state index contributed by atoms with van der Waals surface area (Å²) in [4.78, 5) is 23.9. The number of nitrogens with two attached hydrogens (primary N) is 1. The van der Waals surface area contributed by atoms with Crippen LogP contribution < -0.4 is 15.8 Å². The van der Waals surface area contributed by atoms with Crippen LogP contribution >= 0.6 is 0 Å². The number of benzene rings is 1. The van der Waals surface area contributed by atoms with E-state index in [1.807, 2.05) is 52.9 Å². The molecule has 1 saturated heterocycles. The van der Waals surface area contributed by atoms with Gasteiger partial charge in [-0.05, 0) is 82.3 Å². The molecule has 1 aliphatic rings. The van der Waals surface area contributed by atoms with Crippen LogP contribution in [0.25, 0.3) is 16.6 Å². The van der Waals surface area contributed by atoms with Gasteiger partial charge in [-0.3, -0.25) is 0 Å².